The van der Waals surface area contributed by atoms with E-state index in [0.717, 1.165) is 25.7 Å². The van der Waals surface area contributed by atoms with Crippen molar-refractivity contribution in [2.45, 2.75) is 50.1 Å². The van der Waals surface area contributed by atoms with Crippen LogP contribution in [0.1, 0.15) is 38.2 Å². The third-order valence-electron chi connectivity index (χ3n) is 3.86. The van der Waals surface area contributed by atoms with E-state index in [1.807, 2.05) is 0 Å². The summed E-state index contributed by atoms with van der Waals surface area (Å²) in [5.41, 5.74) is 6.03. The van der Waals surface area contributed by atoms with Crippen LogP contribution in [0.5, 0.6) is 0 Å². The van der Waals surface area contributed by atoms with Crippen molar-refractivity contribution in [3.63, 3.8) is 0 Å². The maximum atomic E-state index is 14.1. The summed E-state index contributed by atoms with van der Waals surface area (Å²) < 4.78 is 40.7. The highest BCUT2D eigenvalue weighted by Crippen LogP contribution is 2.29. The summed E-state index contributed by atoms with van der Waals surface area (Å²) in [6.45, 7) is 2.35. The van der Waals surface area contributed by atoms with Crippen LogP contribution in [0.4, 0.5) is 4.39 Å². The minimum absolute atomic E-state index is 0.00131. The number of halogens is 1. The average Bonchev–Trinajstić information content (AvgIpc) is 2.92. The van der Waals surface area contributed by atoms with Crippen molar-refractivity contribution < 1.29 is 12.8 Å². The van der Waals surface area contributed by atoms with Gasteiger partial charge in [0.2, 0.25) is 10.0 Å². The monoisotopic (exact) mass is 300 g/mol. The Balaban J connectivity index is 2.37. The molecule has 0 spiro atoms. The van der Waals surface area contributed by atoms with Gasteiger partial charge in [-0.3, -0.25) is 0 Å². The van der Waals surface area contributed by atoms with Gasteiger partial charge in [-0.05, 0) is 30.5 Å². The maximum absolute atomic E-state index is 14.1. The van der Waals surface area contributed by atoms with Crippen LogP contribution in [0, 0.1) is 5.82 Å². The molecular formula is C14H21FN2O2S. The molecule has 1 aliphatic rings. The maximum Gasteiger partial charge on any atom is 0.246 e. The van der Waals surface area contributed by atoms with E-state index in [4.69, 9.17) is 5.73 Å². The predicted octanol–water partition coefficient (Wildman–Crippen LogP) is 2.24. The van der Waals surface area contributed by atoms with Crippen LogP contribution in [0.2, 0.25) is 0 Å². The van der Waals surface area contributed by atoms with Gasteiger partial charge in [0, 0.05) is 19.1 Å². The fraction of sp³-hybridized carbons (Fsp3) is 0.571. The largest absolute Gasteiger partial charge is 0.326 e. The molecule has 4 nitrogen and oxygen atoms in total. The number of hydrogen-bond acceptors (Lipinski definition) is 3. The lowest BCUT2D eigenvalue weighted by Crippen LogP contribution is -2.39. The van der Waals surface area contributed by atoms with E-state index in [-0.39, 0.29) is 17.5 Å². The number of hydrogen-bond donors (Lipinski definition) is 1. The molecule has 1 aromatic carbocycles. The Morgan fingerprint density at radius 1 is 1.35 bits per heavy atom. The van der Waals surface area contributed by atoms with Gasteiger partial charge in [0.05, 0.1) is 0 Å². The lowest BCUT2D eigenvalue weighted by Gasteiger charge is -2.27. The first-order chi connectivity index (χ1) is 9.50. The van der Waals surface area contributed by atoms with E-state index in [9.17, 15) is 12.8 Å². The molecule has 1 fully saturated rings. The molecule has 2 N–H and O–H groups in total. The molecular weight excluding hydrogens is 279 g/mol. The molecule has 0 aliphatic heterocycles. The standard InChI is InChI=1S/C14H21FN2O2S/c1-2-17(12-5-3-4-6-12)20(18,19)14-8-7-11(10-16)9-13(14)15/h7-9,12H,2-6,10,16H2,1H3. The van der Waals surface area contributed by atoms with Gasteiger partial charge >= 0.3 is 0 Å². The molecule has 20 heavy (non-hydrogen) atoms. The minimum Gasteiger partial charge on any atom is -0.326 e. The molecule has 0 atom stereocenters. The van der Waals surface area contributed by atoms with E-state index in [2.05, 4.69) is 0 Å². The van der Waals surface area contributed by atoms with Gasteiger partial charge in [-0.2, -0.15) is 4.31 Å². The Bertz CT molecular complexity index is 569. The minimum atomic E-state index is -3.77. The molecule has 0 heterocycles. The number of rotatable bonds is 5. The third-order valence-corrected chi connectivity index (χ3v) is 5.92. The Kier molecular flexibility index (Phi) is 4.78. The summed E-state index contributed by atoms with van der Waals surface area (Å²) in [4.78, 5) is -0.247. The van der Waals surface area contributed by atoms with Gasteiger partial charge in [0.15, 0.2) is 0 Å². The van der Waals surface area contributed by atoms with Gasteiger partial charge in [-0.25, -0.2) is 12.8 Å². The summed E-state index contributed by atoms with van der Waals surface area (Å²) in [5, 5.41) is 0. The third kappa shape index (κ3) is 2.87. The van der Waals surface area contributed by atoms with E-state index in [1.54, 1.807) is 13.0 Å². The molecule has 0 radical (unpaired) electrons. The normalized spacial score (nSPS) is 17.0. The van der Waals surface area contributed by atoms with Gasteiger partial charge in [0.1, 0.15) is 10.7 Å². The zero-order valence-electron chi connectivity index (χ0n) is 11.7. The Labute approximate surface area is 119 Å². The smallest absolute Gasteiger partial charge is 0.246 e. The van der Waals surface area contributed by atoms with Crippen LogP contribution in [0.25, 0.3) is 0 Å². The van der Waals surface area contributed by atoms with Crippen molar-refractivity contribution in [2.75, 3.05) is 6.54 Å². The second-order valence-corrected chi connectivity index (χ2v) is 6.97. The SMILES string of the molecule is CCN(C1CCCC1)S(=O)(=O)c1ccc(CN)cc1F. The molecule has 0 amide bonds. The van der Waals surface area contributed by atoms with Crippen molar-refractivity contribution in [1.82, 2.24) is 4.31 Å². The van der Waals surface area contributed by atoms with Gasteiger partial charge in [-0.1, -0.05) is 25.8 Å². The summed E-state index contributed by atoms with van der Waals surface area (Å²) >= 11 is 0. The van der Waals surface area contributed by atoms with Crippen LogP contribution >= 0.6 is 0 Å². The van der Waals surface area contributed by atoms with Crippen LogP contribution in [-0.4, -0.2) is 25.3 Å². The molecule has 0 bridgehead atoms. The Morgan fingerprint density at radius 3 is 2.50 bits per heavy atom. The van der Waals surface area contributed by atoms with Crippen LogP contribution in [0.3, 0.4) is 0 Å². The van der Waals surface area contributed by atoms with Crippen molar-refractivity contribution >= 4 is 10.0 Å². The zero-order valence-corrected chi connectivity index (χ0v) is 12.5. The molecule has 1 aromatic rings. The van der Waals surface area contributed by atoms with Crippen molar-refractivity contribution in [3.8, 4) is 0 Å². The second-order valence-electron chi connectivity index (χ2n) is 5.12. The number of sulfonamides is 1. The molecule has 1 aliphatic carbocycles. The van der Waals surface area contributed by atoms with E-state index in [0.29, 0.717) is 12.1 Å². The molecule has 1 saturated carbocycles. The second kappa shape index (κ2) is 6.20. The van der Waals surface area contributed by atoms with E-state index >= 15 is 0 Å². The number of nitrogens with zero attached hydrogens (tertiary/aromatic N) is 1. The van der Waals surface area contributed by atoms with Crippen molar-refractivity contribution in [3.05, 3.63) is 29.6 Å². The number of nitrogens with two attached hydrogens (primary N) is 1. The molecule has 112 valence electrons. The molecule has 6 heteroatoms. The summed E-state index contributed by atoms with van der Waals surface area (Å²) in [6, 6.07) is 4.09. The van der Waals surface area contributed by atoms with Crippen LogP contribution < -0.4 is 5.73 Å². The first-order valence-corrected chi connectivity index (χ1v) is 8.45. The topological polar surface area (TPSA) is 63.4 Å². The summed E-state index contributed by atoms with van der Waals surface area (Å²) in [6.07, 6.45) is 3.78. The highest BCUT2D eigenvalue weighted by Gasteiger charge is 2.33. The van der Waals surface area contributed by atoms with E-state index < -0.39 is 15.8 Å². The lowest BCUT2D eigenvalue weighted by molar-refractivity contribution is 0.334. The summed E-state index contributed by atoms with van der Waals surface area (Å²) in [5.74, 6) is -0.718. The lowest BCUT2D eigenvalue weighted by atomic mass is 10.2. The van der Waals surface area contributed by atoms with Gasteiger partial charge in [0.25, 0.3) is 0 Å². The predicted molar refractivity (Wildman–Crippen MR) is 76.1 cm³/mol. The molecule has 2 rings (SSSR count). The summed E-state index contributed by atoms with van der Waals surface area (Å²) in [7, 11) is -3.77. The van der Waals surface area contributed by atoms with Crippen molar-refractivity contribution in [2.24, 2.45) is 5.73 Å². The van der Waals surface area contributed by atoms with Crippen LogP contribution in [0.15, 0.2) is 23.1 Å². The first-order valence-electron chi connectivity index (χ1n) is 7.01. The number of benzene rings is 1. The van der Waals surface area contributed by atoms with Gasteiger partial charge in [-0.15, -0.1) is 0 Å². The van der Waals surface area contributed by atoms with Crippen LogP contribution in [-0.2, 0) is 16.6 Å². The highest BCUT2D eigenvalue weighted by molar-refractivity contribution is 7.89. The molecule has 0 unspecified atom stereocenters. The molecule has 0 aromatic heterocycles. The Hall–Kier alpha value is -0.980. The highest BCUT2D eigenvalue weighted by atomic mass is 32.2. The quantitative estimate of drug-likeness (QED) is 0.907. The average molecular weight is 300 g/mol. The fourth-order valence-electron chi connectivity index (χ4n) is 2.82. The first kappa shape index (κ1) is 15.4. The molecule has 0 saturated heterocycles. The van der Waals surface area contributed by atoms with Gasteiger partial charge < -0.3 is 5.73 Å². The van der Waals surface area contributed by atoms with Crippen molar-refractivity contribution in [1.29, 1.82) is 0 Å². The zero-order chi connectivity index (χ0) is 14.8. The Morgan fingerprint density at radius 2 is 2.00 bits per heavy atom. The van der Waals surface area contributed by atoms with E-state index in [1.165, 1.54) is 16.4 Å². The fourth-order valence-corrected chi connectivity index (χ4v) is 4.56.